The van der Waals surface area contributed by atoms with E-state index in [1.807, 2.05) is 6.92 Å². The number of benzene rings is 1. The summed E-state index contributed by atoms with van der Waals surface area (Å²) in [6.45, 7) is 5.31. The molecule has 0 aliphatic carbocycles. The van der Waals surface area contributed by atoms with E-state index >= 15 is 0 Å². The number of pyridine rings is 2. The topological polar surface area (TPSA) is 479 Å². The minimum atomic E-state index is -1.61. The van der Waals surface area contributed by atoms with Gasteiger partial charge in [-0.25, -0.2) is 0 Å². The molecule has 0 bridgehead atoms. The normalized spacial score (nSPS) is 16.9. The van der Waals surface area contributed by atoms with E-state index in [9.17, 15) is 48.3 Å². The standard InChI is InChI=1S/C35H47N12O9.C11H16N2O.C6H12NO5.Tc/c1-19(2)29-34(55)44-23(5-3-12-40-35(36)37)31(52)42-18-27(48)43-25(16-28(49)50)32(53)45-24(33(54)46-29)15-20-6-9-22(10-7-20)56-14-4-13-39-30(51)21-8-11-26(47-38)41-17-21;1-3-4-9(2)13-11(14)10-5-7-12-8-6-10;8-2-6(3-9,4-10)7-1-5(11)12;/h6-11,17,19,23-25,29H,3-5,12-16,18H2,1-2H3,(H,39,51)(H,42,52)(H,43,48)(H,44,55)(H,45,53)(H,46,54)(H,49,50)(H4,36,37,40);5-9H,3-4H2,1-2H3,(H,13,14);8-10H,1-4H2,(H,11,12);/q-1;;-1;+2/t23-,24+,25-,29-;;;/m0.../s1. The first-order valence-electron chi connectivity index (χ1n) is 26.2. The maximum atomic E-state index is 13.8. The number of aliphatic carboxylic acids is 2. The molecule has 1 saturated heterocycles. The van der Waals surface area contributed by atoms with Crippen LogP contribution in [-0.4, -0.2) is 183 Å². The first-order chi connectivity index (χ1) is 39.5. The van der Waals surface area contributed by atoms with Crippen LogP contribution >= 0.6 is 0 Å². The molecule has 3 aromatic rings. The van der Waals surface area contributed by atoms with Crippen LogP contribution in [0.3, 0.4) is 0 Å². The quantitative estimate of drug-likeness (QED) is 0.0137. The fourth-order valence-electron chi connectivity index (χ4n) is 7.22. The van der Waals surface area contributed by atoms with Gasteiger partial charge in [0, 0.05) is 56.8 Å². The minimum Gasteiger partial charge on any atom is -0.642 e. The zero-order chi connectivity index (χ0) is 61.9. The van der Waals surface area contributed by atoms with Crippen LogP contribution in [0.1, 0.15) is 92.5 Å². The summed E-state index contributed by atoms with van der Waals surface area (Å²) < 4.78 is 9.40. The third-order valence-corrected chi connectivity index (χ3v) is 12.0. The molecule has 30 nitrogen and oxygen atoms in total. The molecule has 1 aliphatic rings. The first-order valence-corrected chi connectivity index (χ1v) is 27.0. The Kier molecular flexibility index (Phi) is 32.9. The van der Waals surface area contributed by atoms with Crippen LogP contribution in [0.4, 0.5) is 5.82 Å². The van der Waals surface area contributed by atoms with Gasteiger partial charge in [-0.1, -0.05) is 44.9 Å². The number of aliphatic imine (C=N–C) groups is 1. The molecule has 5 atom stereocenters. The van der Waals surface area contributed by atoms with E-state index in [0.29, 0.717) is 41.2 Å². The van der Waals surface area contributed by atoms with E-state index in [4.69, 9.17) is 36.6 Å². The fraction of sp³-hybridized carbons (Fsp3) is 0.500. The monoisotopic (exact) mass is 1250 g/mol. The van der Waals surface area contributed by atoms with Gasteiger partial charge in [0.15, 0.2) is 5.96 Å². The van der Waals surface area contributed by atoms with Gasteiger partial charge in [0.2, 0.25) is 29.5 Å². The Morgan fingerprint density at radius 2 is 1.47 bits per heavy atom. The molecule has 7 amide bonds. The van der Waals surface area contributed by atoms with Crippen molar-refractivity contribution in [2.24, 2.45) is 27.5 Å². The number of aliphatic hydroxyl groups is 3. The summed E-state index contributed by atoms with van der Waals surface area (Å²) in [6.07, 6.45) is 6.63. The van der Waals surface area contributed by atoms with Gasteiger partial charge in [-0.05, 0) is 68.5 Å². The summed E-state index contributed by atoms with van der Waals surface area (Å²) in [5.74, 6) is -6.75. The predicted molar refractivity (Wildman–Crippen MR) is 295 cm³/mol. The molecule has 455 valence electrons. The number of aliphatic hydroxyl groups excluding tert-OH is 3. The van der Waals surface area contributed by atoms with Gasteiger partial charge >= 0.3 is 108 Å². The smallest absolute Gasteiger partial charge is 0.305 e. The van der Waals surface area contributed by atoms with Crippen molar-refractivity contribution < 1.29 is 92.1 Å². The molecular weight excluding hydrogens is 1170 g/mol. The minimum absolute atomic E-state index is 0.0200. The summed E-state index contributed by atoms with van der Waals surface area (Å²) >= 11 is 1.73. The zero-order valence-corrected chi connectivity index (χ0v) is 48.3. The summed E-state index contributed by atoms with van der Waals surface area (Å²) in [7, 11) is 0. The van der Waals surface area contributed by atoms with Crippen molar-refractivity contribution in [3.05, 3.63) is 89.1 Å². The number of carbonyl (C=O) groups excluding carboxylic acids is 7. The second-order valence-corrected chi connectivity index (χ2v) is 19.3. The number of nitrogens with zero attached hydrogens (tertiary/aromatic N) is 6. The average molecular weight is 1250 g/mol. The van der Waals surface area contributed by atoms with Crippen LogP contribution in [0.5, 0.6) is 5.75 Å². The molecule has 16 N–H and O–H groups in total. The van der Waals surface area contributed by atoms with Crippen LogP contribution in [-0.2, 0) is 58.7 Å². The summed E-state index contributed by atoms with van der Waals surface area (Å²) in [5, 5.41) is 69.2. The Hall–Kier alpha value is -8.18. The molecule has 4 rings (SSSR count). The van der Waals surface area contributed by atoms with Gasteiger partial charge in [0.05, 0.1) is 13.0 Å². The van der Waals surface area contributed by atoms with Gasteiger partial charge in [-0.2, -0.15) is 0 Å². The number of hydrogen-bond donors (Lipinski definition) is 14. The Balaban J connectivity index is 0.000000736. The van der Waals surface area contributed by atoms with E-state index in [0.717, 1.165) is 12.8 Å². The number of ether oxygens (including phenoxy) is 1. The summed E-state index contributed by atoms with van der Waals surface area (Å²) in [5.41, 5.74) is 10.9. The second kappa shape index (κ2) is 38.5. The van der Waals surface area contributed by atoms with Gasteiger partial charge in [-0.3, -0.25) is 48.3 Å². The second-order valence-electron chi connectivity index (χ2n) is 18.9. The van der Waals surface area contributed by atoms with Crippen molar-refractivity contribution >= 4 is 65.1 Å². The third kappa shape index (κ3) is 27.9. The Bertz CT molecular complexity index is 2650. The molecular formula is C52H75N15O15Tc. The number of carboxylic acid groups (broad SMARTS) is 2. The van der Waals surface area contributed by atoms with Crippen LogP contribution in [0.25, 0.3) is 5.32 Å². The summed E-state index contributed by atoms with van der Waals surface area (Å²) in [6, 6.07) is 8.18. The van der Waals surface area contributed by atoms with E-state index in [2.05, 4.69) is 72.9 Å². The van der Waals surface area contributed by atoms with Crippen LogP contribution in [0.2, 0.25) is 0 Å². The summed E-state index contributed by atoms with van der Waals surface area (Å²) in [4.78, 5) is 124. The molecule has 0 saturated carbocycles. The molecule has 1 fully saturated rings. The van der Waals surface area contributed by atoms with Gasteiger partial charge in [-0.15, -0.1) is 0 Å². The SMILES string of the molecule is CC(C)[C@@H]1NC(=O)[C@@H](Cc2ccc(OCCCNC(=O)c3ccc(N=[N+]=[Tc])nc3)cc2)NC(=O)[C@H](CC(=O)O)NC(=O)CNC(=O)[C@H](CCCN=C(N)N)NC1=O.CCCC(C)NC(=O)c1ccncc1.O=C(O)C[N-]C(CO)(CO)CO. The Labute approximate surface area is 489 Å². The van der Waals surface area contributed by atoms with Crippen LogP contribution < -0.4 is 56.8 Å². The number of amides is 7. The maximum absolute atomic E-state index is 13.8. The number of guanidine groups is 1. The molecule has 2 aromatic heterocycles. The number of carboxylic acids is 2. The number of nitrogens with one attached hydrogen (secondary N) is 7. The number of rotatable bonds is 26. The molecule has 1 aromatic carbocycles. The fourth-order valence-corrected chi connectivity index (χ4v) is 7.41. The number of nitrogens with two attached hydrogens (primary N) is 2. The van der Waals surface area contributed by atoms with Crippen molar-refractivity contribution in [3.63, 3.8) is 0 Å². The van der Waals surface area contributed by atoms with E-state index in [1.54, 1.807) is 93.5 Å². The Morgan fingerprint density at radius 1 is 0.819 bits per heavy atom. The molecule has 1 unspecified atom stereocenters. The van der Waals surface area contributed by atoms with E-state index in [-0.39, 0.29) is 56.2 Å². The predicted octanol–water partition coefficient (Wildman–Crippen LogP) is -1.88. The average Bonchev–Trinajstić information content (AvgIpc) is 3.52. The van der Waals surface area contributed by atoms with Crippen molar-refractivity contribution in [2.45, 2.75) is 108 Å². The number of carbonyl (C=O) groups is 9. The van der Waals surface area contributed by atoms with E-state index in [1.165, 1.54) is 6.20 Å². The van der Waals surface area contributed by atoms with Gasteiger partial charge in [0.1, 0.15) is 29.9 Å². The third-order valence-electron chi connectivity index (χ3n) is 11.8. The number of aromatic nitrogens is 2. The Morgan fingerprint density at radius 3 is 2.04 bits per heavy atom. The largest absolute Gasteiger partial charge is 0.642 e. The molecule has 0 radical (unpaired) electrons. The van der Waals surface area contributed by atoms with Crippen molar-refractivity contribution in [1.82, 2.24) is 50.6 Å². The van der Waals surface area contributed by atoms with Crippen molar-refractivity contribution in [1.29, 1.82) is 0 Å². The van der Waals surface area contributed by atoms with Crippen LogP contribution in [0.15, 0.2) is 77.2 Å². The maximum Gasteiger partial charge on any atom is 0.305 e. The molecule has 31 heteroatoms. The van der Waals surface area contributed by atoms with Gasteiger partial charge < -0.3 is 74.2 Å². The van der Waals surface area contributed by atoms with Crippen molar-refractivity contribution in [2.75, 3.05) is 52.6 Å². The van der Waals surface area contributed by atoms with E-state index < -0.39 is 116 Å². The number of hydrogen-bond acceptors (Lipinski definition) is 17. The zero-order valence-electron chi connectivity index (χ0n) is 46.5. The van der Waals surface area contributed by atoms with Crippen LogP contribution in [0, 0.1) is 5.92 Å². The first kappa shape index (κ1) is 70.9. The molecule has 0 spiro atoms. The molecule has 3 heterocycles. The van der Waals surface area contributed by atoms with Gasteiger partial charge in [0.25, 0.3) is 11.9 Å². The molecule has 83 heavy (non-hydrogen) atoms. The van der Waals surface area contributed by atoms with Crippen molar-refractivity contribution in [3.8, 4) is 5.75 Å². The molecule has 1 aliphatic heterocycles.